The van der Waals surface area contributed by atoms with E-state index >= 15 is 0 Å². The molecule has 7 heteroatoms. The SMILES string of the molecule is Cc1ccc(N2C[C@H](C(=O)NNC(=O)c3ccc(F)cc3)CC2=O)cc1. The van der Waals surface area contributed by atoms with Gasteiger partial charge in [0.2, 0.25) is 11.8 Å². The van der Waals surface area contributed by atoms with Crippen LogP contribution in [0.25, 0.3) is 0 Å². The summed E-state index contributed by atoms with van der Waals surface area (Å²) in [5.74, 6) is -2.15. The zero-order valence-electron chi connectivity index (χ0n) is 14.2. The van der Waals surface area contributed by atoms with Gasteiger partial charge < -0.3 is 4.90 Å². The molecule has 1 heterocycles. The van der Waals surface area contributed by atoms with Crippen molar-refractivity contribution in [3.63, 3.8) is 0 Å². The highest BCUT2D eigenvalue weighted by molar-refractivity contribution is 6.01. The van der Waals surface area contributed by atoms with Gasteiger partial charge in [0, 0.05) is 24.2 Å². The van der Waals surface area contributed by atoms with E-state index in [-0.39, 0.29) is 24.4 Å². The fourth-order valence-corrected chi connectivity index (χ4v) is 2.75. The number of hydrogen-bond acceptors (Lipinski definition) is 3. The summed E-state index contributed by atoms with van der Waals surface area (Å²) in [5.41, 5.74) is 6.65. The van der Waals surface area contributed by atoms with Gasteiger partial charge in [0.1, 0.15) is 5.82 Å². The number of nitrogens with zero attached hydrogens (tertiary/aromatic N) is 1. The van der Waals surface area contributed by atoms with Gasteiger partial charge in [-0.05, 0) is 43.3 Å². The molecule has 0 bridgehead atoms. The molecule has 2 N–H and O–H groups in total. The fourth-order valence-electron chi connectivity index (χ4n) is 2.75. The van der Waals surface area contributed by atoms with E-state index in [1.165, 1.54) is 12.1 Å². The van der Waals surface area contributed by atoms with Crippen molar-refractivity contribution >= 4 is 23.4 Å². The Morgan fingerprint density at radius 3 is 2.35 bits per heavy atom. The Morgan fingerprint density at radius 1 is 1.04 bits per heavy atom. The van der Waals surface area contributed by atoms with Crippen LogP contribution in [-0.4, -0.2) is 24.3 Å². The van der Waals surface area contributed by atoms with Crippen molar-refractivity contribution in [3.8, 4) is 0 Å². The first-order chi connectivity index (χ1) is 12.4. The number of aryl methyl sites for hydroxylation is 1. The predicted octanol–water partition coefficient (Wildman–Crippen LogP) is 1.95. The van der Waals surface area contributed by atoms with Gasteiger partial charge in [-0.3, -0.25) is 25.2 Å². The third-order valence-corrected chi connectivity index (χ3v) is 4.25. The topological polar surface area (TPSA) is 78.5 Å². The lowest BCUT2D eigenvalue weighted by Gasteiger charge is -2.17. The van der Waals surface area contributed by atoms with E-state index in [1.54, 1.807) is 4.90 Å². The minimum atomic E-state index is -0.558. The van der Waals surface area contributed by atoms with Gasteiger partial charge in [0.15, 0.2) is 0 Å². The number of amides is 3. The average Bonchev–Trinajstić information content (AvgIpc) is 3.02. The van der Waals surface area contributed by atoms with E-state index in [9.17, 15) is 18.8 Å². The molecule has 0 spiro atoms. The second-order valence-electron chi connectivity index (χ2n) is 6.19. The molecule has 0 aromatic heterocycles. The van der Waals surface area contributed by atoms with Crippen LogP contribution in [0.4, 0.5) is 10.1 Å². The van der Waals surface area contributed by atoms with Crippen molar-refractivity contribution in [2.75, 3.05) is 11.4 Å². The van der Waals surface area contributed by atoms with E-state index in [1.807, 2.05) is 31.2 Å². The molecule has 26 heavy (non-hydrogen) atoms. The molecule has 0 aliphatic carbocycles. The van der Waals surface area contributed by atoms with Crippen molar-refractivity contribution in [1.29, 1.82) is 0 Å². The molecule has 1 aliphatic rings. The van der Waals surface area contributed by atoms with Gasteiger partial charge in [0.05, 0.1) is 5.92 Å². The highest BCUT2D eigenvalue weighted by Gasteiger charge is 2.35. The lowest BCUT2D eigenvalue weighted by atomic mass is 10.1. The molecule has 6 nitrogen and oxygen atoms in total. The van der Waals surface area contributed by atoms with Gasteiger partial charge in [-0.15, -0.1) is 0 Å². The zero-order chi connectivity index (χ0) is 18.7. The Kier molecular flexibility index (Phi) is 4.97. The summed E-state index contributed by atoms with van der Waals surface area (Å²) < 4.78 is 12.9. The normalized spacial score (nSPS) is 16.5. The molecule has 0 saturated carbocycles. The van der Waals surface area contributed by atoms with E-state index in [0.29, 0.717) is 0 Å². The maximum Gasteiger partial charge on any atom is 0.269 e. The number of carbonyl (C=O) groups excluding carboxylic acids is 3. The molecule has 3 amide bonds. The van der Waals surface area contributed by atoms with E-state index in [0.717, 1.165) is 23.4 Å². The van der Waals surface area contributed by atoms with E-state index < -0.39 is 23.5 Å². The molecule has 1 fully saturated rings. The van der Waals surface area contributed by atoms with Gasteiger partial charge in [0.25, 0.3) is 5.91 Å². The summed E-state index contributed by atoms with van der Waals surface area (Å²) in [7, 11) is 0. The summed E-state index contributed by atoms with van der Waals surface area (Å²) in [4.78, 5) is 37.9. The largest absolute Gasteiger partial charge is 0.312 e. The van der Waals surface area contributed by atoms with Crippen molar-refractivity contribution in [2.24, 2.45) is 5.92 Å². The minimum absolute atomic E-state index is 0.0755. The van der Waals surface area contributed by atoms with Crippen LogP contribution in [0.2, 0.25) is 0 Å². The maximum atomic E-state index is 12.9. The van der Waals surface area contributed by atoms with E-state index in [4.69, 9.17) is 0 Å². The van der Waals surface area contributed by atoms with Crippen LogP contribution in [0.15, 0.2) is 48.5 Å². The fraction of sp³-hybridized carbons (Fsp3) is 0.211. The van der Waals surface area contributed by atoms with Crippen LogP contribution in [0.5, 0.6) is 0 Å². The molecule has 3 rings (SSSR count). The Balaban J connectivity index is 1.57. The minimum Gasteiger partial charge on any atom is -0.312 e. The van der Waals surface area contributed by atoms with Crippen LogP contribution in [-0.2, 0) is 9.59 Å². The number of hydrogen-bond donors (Lipinski definition) is 2. The predicted molar refractivity (Wildman–Crippen MR) is 93.6 cm³/mol. The van der Waals surface area contributed by atoms with Crippen molar-refractivity contribution in [1.82, 2.24) is 10.9 Å². The summed E-state index contributed by atoms with van der Waals surface area (Å²) in [6.07, 6.45) is 0.0755. The number of carbonyl (C=O) groups is 3. The van der Waals surface area contributed by atoms with Gasteiger partial charge in [-0.1, -0.05) is 17.7 Å². The number of hydrazine groups is 1. The number of halogens is 1. The van der Waals surface area contributed by atoms with Crippen molar-refractivity contribution in [2.45, 2.75) is 13.3 Å². The molecule has 1 aliphatic heterocycles. The Bertz CT molecular complexity index is 834. The lowest BCUT2D eigenvalue weighted by Crippen LogP contribution is -2.45. The van der Waals surface area contributed by atoms with Crippen LogP contribution in [0.3, 0.4) is 0 Å². The molecule has 1 saturated heterocycles. The third-order valence-electron chi connectivity index (χ3n) is 4.25. The zero-order valence-corrected chi connectivity index (χ0v) is 14.2. The monoisotopic (exact) mass is 355 g/mol. The third kappa shape index (κ3) is 3.88. The lowest BCUT2D eigenvalue weighted by molar-refractivity contribution is -0.126. The summed E-state index contributed by atoms with van der Waals surface area (Å²) in [6, 6.07) is 12.4. The maximum absolute atomic E-state index is 12.9. The Hall–Kier alpha value is -3.22. The summed E-state index contributed by atoms with van der Waals surface area (Å²) >= 11 is 0. The number of rotatable bonds is 3. The molecule has 2 aromatic carbocycles. The standard InChI is InChI=1S/C19H18FN3O3/c1-12-2-8-16(9-3-12)23-11-14(10-17(23)24)19(26)22-21-18(25)13-4-6-15(20)7-5-13/h2-9,14H,10-11H2,1H3,(H,21,25)(H,22,26)/t14-/m1/s1. The first kappa shape index (κ1) is 17.6. The molecule has 0 radical (unpaired) electrons. The van der Waals surface area contributed by atoms with Crippen molar-refractivity contribution in [3.05, 3.63) is 65.5 Å². The van der Waals surface area contributed by atoms with Crippen LogP contribution >= 0.6 is 0 Å². The van der Waals surface area contributed by atoms with E-state index in [2.05, 4.69) is 10.9 Å². The number of benzene rings is 2. The summed E-state index contributed by atoms with van der Waals surface area (Å²) in [5, 5.41) is 0. The van der Waals surface area contributed by atoms with Crippen molar-refractivity contribution < 1.29 is 18.8 Å². The number of nitrogens with one attached hydrogen (secondary N) is 2. The molecule has 2 aromatic rings. The molecule has 134 valence electrons. The molecular formula is C19H18FN3O3. The van der Waals surface area contributed by atoms with Gasteiger partial charge in [-0.25, -0.2) is 4.39 Å². The molecule has 0 unspecified atom stereocenters. The van der Waals surface area contributed by atoms with Crippen LogP contribution in [0, 0.1) is 18.7 Å². The summed E-state index contributed by atoms with van der Waals surface area (Å²) in [6.45, 7) is 2.20. The first-order valence-electron chi connectivity index (χ1n) is 8.17. The highest BCUT2D eigenvalue weighted by Crippen LogP contribution is 2.25. The average molecular weight is 355 g/mol. The molecule has 1 atom stereocenters. The second kappa shape index (κ2) is 7.35. The second-order valence-corrected chi connectivity index (χ2v) is 6.19. The van der Waals surface area contributed by atoms with Crippen LogP contribution in [0.1, 0.15) is 22.3 Å². The first-order valence-corrected chi connectivity index (χ1v) is 8.17. The number of anilines is 1. The van der Waals surface area contributed by atoms with Gasteiger partial charge >= 0.3 is 0 Å². The van der Waals surface area contributed by atoms with Gasteiger partial charge in [-0.2, -0.15) is 0 Å². The Morgan fingerprint density at radius 2 is 1.69 bits per heavy atom. The smallest absolute Gasteiger partial charge is 0.269 e. The molecular weight excluding hydrogens is 337 g/mol. The Labute approximate surface area is 150 Å². The van der Waals surface area contributed by atoms with Crippen LogP contribution < -0.4 is 15.8 Å². The highest BCUT2D eigenvalue weighted by atomic mass is 19.1. The quantitative estimate of drug-likeness (QED) is 0.826.